The molecular weight excluding hydrogens is 646 g/mol. The van der Waals surface area contributed by atoms with Crippen LogP contribution < -0.4 is 24.8 Å². The van der Waals surface area contributed by atoms with Crippen LogP contribution in [0, 0.1) is 5.41 Å². The Morgan fingerprint density at radius 2 is 1.65 bits per heavy atom. The summed E-state index contributed by atoms with van der Waals surface area (Å²) < 4.78 is 19.2. The molecule has 2 amide bonds. The highest BCUT2D eigenvalue weighted by Gasteiger charge is 2.46. The third-order valence-corrected chi connectivity index (χ3v) is 9.46. The van der Waals surface area contributed by atoms with Crippen LogP contribution in [0.5, 0.6) is 5.75 Å². The van der Waals surface area contributed by atoms with Crippen molar-refractivity contribution in [3.8, 4) is 5.75 Å². The first-order chi connectivity index (χ1) is 24.9. The molecule has 2 aliphatic heterocycles. The van der Waals surface area contributed by atoms with E-state index in [-0.39, 0.29) is 24.7 Å². The first kappa shape index (κ1) is 33.9. The number of rotatable bonds is 12. The van der Waals surface area contributed by atoms with Crippen LogP contribution in [0.15, 0.2) is 97.5 Å². The van der Waals surface area contributed by atoms with Crippen LogP contribution in [0.4, 0.5) is 21.9 Å². The van der Waals surface area contributed by atoms with Crippen LogP contribution in [0.25, 0.3) is 10.9 Å². The number of ether oxygens (including phenoxy) is 3. The van der Waals surface area contributed by atoms with E-state index >= 15 is 0 Å². The lowest BCUT2D eigenvalue weighted by Crippen LogP contribution is -2.46. The van der Waals surface area contributed by atoms with Crippen molar-refractivity contribution in [2.24, 2.45) is 0 Å². The molecule has 2 aromatic heterocycles. The zero-order valence-electron chi connectivity index (χ0n) is 28.9. The Hall–Kier alpha value is -5.53. The highest BCUT2D eigenvalue weighted by molar-refractivity contribution is 6.06. The number of nitrogens with zero attached hydrogens (tertiary/aromatic N) is 7. The van der Waals surface area contributed by atoms with Gasteiger partial charge in [0, 0.05) is 60.7 Å². The van der Waals surface area contributed by atoms with Gasteiger partial charge in [-0.15, -0.1) is 0 Å². The summed E-state index contributed by atoms with van der Waals surface area (Å²) in [7, 11) is 0. The van der Waals surface area contributed by atoms with Crippen molar-refractivity contribution in [2.45, 2.75) is 44.7 Å². The van der Waals surface area contributed by atoms with E-state index in [1.807, 2.05) is 80.6 Å². The Morgan fingerprint density at radius 3 is 2.31 bits per heavy atom. The third kappa shape index (κ3) is 7.49. The Morgan fingerprint density at radius 1 is 0.980 bits per heavy atom. The maximum Gasteiger partial charge on any atom is 0.327 e. The zero-order valence-corrected chi connectivity index (χ0v) is 28.9. The lowest BCUT2D eigenvalue weighted by molar-refractivity contribution is -0.191. The maximum absolute atomic E-state index is 12.6. The Kier molecular flexibility index (Phi) is 10.1. The molecule has 7 rings (SSSR count). The number of amides is 2. The smallest absolute Gasteiger partial charge is 0.327 e. The van der Waals surface area contributed by atoms with Gasteiger partial charge in [-0.3, -0.25) is 15.3 Å². The van der Waals surface area contributed by atoms with Crippen LogP contribution in [0.1, 0.15) is 25.8 Å². The van der Waals surface area contributed by atoms with E-state index < -0.39 is 5.79 Å². The Balaban J connectivity index is 0.932. The number of hydrogen-bond donors (Lipinski definition) is 2. The van der Waals surface area contributed by atoms with Crippen LogP contribution in [0.2, 0.25) is 0 Å². The average Bonchev–Trinajstić information content (AvgIpc) is 3.85. The van der Waals surface area contributed by atoms with Gasteiger partial charge in [-0.1, -0.05) is 31.2 Å². The van der Waals surface area contributed by atoms with Crippen LogP contribution in [0.3, 0.4) is 0 Å². The molecule has 0 bridgehead atoms. The molecule has 2 fully saturated rings. The van der Waals surface area contributed by atoms with Crippen molar-refractivity contribution in [3.63, 3.8) is 0 Å². The van der Waals surface area contributed by atoms with E-state index in [0.717, 1.165) is 72.5 Å². The molecule has 3 unspecified atom stereocenters. The number of aromatic nitrogens is 4. The third-order valence-electron chi connectivity index (χ3n) is 9.46. The van der Waals surface area contributed by atoms with Gasteiger partial charge < -0.3 is 29.3 Å². The van der Waals surface area contributed by atoms with Gasteiger partial charge in [0.05, 0.1) is 36.5 Å². The molecule has 13 heteroatoms. The van der Waals surface area contributed by atoms with Gasteiger partial charge >= 0.3 is 6.03 Å². The first-order valence-electron chi connectivity index (χ1n) is 17.4. The summed E-state index contributed by atoms with van der Waals surface area (Å²) in [4.78, 5) is 24.9. The van der Waals surface area contributed by atoms with Crippen LogP contribution >= 0.6 is 0 Å². The second-order valence-electron chi connectivity index (χ2n) is 12.8. The molecule has 264 valence electrons. The number of anilines is 3. The van der Waals surface area contributed by atoms with Crippen molar-refractivity contribution >= 4 is 40.3 Å². The summed E-state index contributed by atoms with van der Waals surface area (Å²) in [6.07, 6.45) is 6.62. The summed E-state index contributed by atoms with van der Waals surface area (Å²) in [5.41, 5.74) is 4.54. The predicted octanol–water partition coefficient (Wildman–Crippen LogP) is 5.42. The van der Waals surface area contributed by atoms with Gasteiger partial charge in [-0.25, -0.2) is 4.79 Å². The number of urea groups is 1. The largest absolute Gasteiger partial charge is 0.491 e. The molecule has 13 nitrogen and oxygen atoms in total. The van der Waals surface area contributed by atoms with E-state index in [9.17, 15) is 4.79 Å². The van der Waals surface area contributed by atoms with Crippen LogP contribution in [-0.4, -0.2) is 83.9 Å². The molecule has 2 N–H and O–H groups in total. The molecular formula is C38H43N9O4. The van der Waals surface area contributed by atoms with Crippen molar-refractivity contribution in [3.05, 3.63) is 103 Å². The molecule has 51 heavy (non-hydrogen) atoms. The van der Waals surface area contributed by atoms with Crippen molar-refractivity contribution in [1.29, 1.82) is 5.41 Å². The average molecular weight is 690 g/mol. The number of hydrogen-bond acceptors (Lipinski definition) is 10. The number of para-hydroxylation sites is 1. The lowest BCUT2D eigenvalue weighted by atomic mass is 10.0. The fraction of sp³-hybridized carbons (Fsp3) is 0.342. The van der Waals surface area contributed by atoms with Gasteiger partial charge in [0.2, 0.25) is 5.79 Å². The highest BCUT2D eigenvalue weighted by atomic mass is 16.8. The molecule has 0 spiro atoms. The summed E-state index contributed by atoms with van der Waals surface area (Å²) in [5.74, 6) is -0.352. The normalized spacial score (nSPS) is 19.5. The van der Waals surface area contributed by atoms with E-state index in [0.29, 0.717) is 18.9 Å². The van der Waals surface area contributed by atoms with Crippen molar-refractivity contribution in [2.75, 3.05) is 54.1 Å². The Labute approximate surface area is 297 Å². The quantitative estimate of drug-likeness (QED) is 0.130. The molecule has 3 aromatic carbocycles. The predicted molar refractivity (Wildman–Crippen MR) is 197 cm³/mol. The van der Waals surface area contributed by atoms with Crippen molar-refractivity contribution < 1.29 is 19.0 Å². The van der Waals surface area contributed by atoms with Gasteiger partial charge in [-0.05, 0) is 67.9 Å². The minimum absolute atomic E-state index is 0.0406. The summed E-state index contributed by atoms with van der Waals surface area (Å²) >= 11 is 0. The molecule has 4 heterocycles. The highest BCUT2D eigenvalue weighted by Crippen LogP contribution is 2.39. The molecule has 5 aromatic rings. The molecule has 2 saturated heterocycles. The number of piperazine rings is 1. The van der Waals surface area contributed by atoms with Gasteiger partial charge in [0.1, 0.15) is 25.0 Å². The fourth-order valence-corrected chi connectivity index (χ4v) is 6.50. The van der Waals surface area contributed by atoms with E-state index in [4.69, 9.17) is 19.6 Å². The minimum atomic E-state index is -1.11. The maximum atomic E-state index is 12.6. The first-order valence-corrected chi connectivity index (χ1v) is 17.4. The zero-order chi connectivity index (χ0) is 35.2. The molecule has 2 aliphatic rings. The number of carbonyl (C=O) groups excluding carboxylic acids is 1. The van der Waals surface area contributed by atoms with Crippen LogP contribution in [-0.2, 0) is 21.8 Å². The second-order valence-corrected chi connectivity index (χ2v) is 12.8. The number of nitrogens with one attached hydrogen (secondary N) is 2. The summed E-state index contributed by atoms with van der Waals surface area (Å²) in [6.45, 7) is 8.38. The van der Waals surface area contributed by atoms with Gasteiger partial charge in [0.25, 0.3) is 0 Å². The molecule has 0 aliphatic carbocycles. The fourth-order valence-electron chi connectivity index (χ4n) is 6.50. The molecule has 0 saturated carbocycles. The van der Waals surface area contributed by atoms with E-state index in [1.165, 1.54) is 4.90 Å². The number of pyridine rings is 1. The number of fused-ring (bicyclic) bond motifs is 1. The van der Waals surface area contributed by atoms with E-state index in [2.05, 4.69) is 42.4 Å². The monoisotopic (exact) mass is 689 g/mol. The second kappa shape index (κ2) is 15.2. The van der Waals surface area contributed by atoms with Gasteiger partial charge in [0.15, 0.2) is 0 Å². The standard InChI is InChI=1S/C38H43N9O4/c1-3-28(2)43-37(48)46(27-39)32-11-9-30(10-12-32)44-20-22-45(23-21-44)31-13-15-33(16-14-31)49-24-34-25-50-38(51-34,26-47-41-18-19-42-47)35-8-4-6-29-7-5-17-40-36(29)35/h4-19,27-28,34,39H,3,20-26H2,1-2H3,(H,43,48). The molecule has 0 radical (unpaired) electrons. The van der Waals surface area contributed by atoms with Gasteiger partial charge in [-0.2, -0.15) is 15.0 Å². The minimum Gasteiger partial charge on any atom is -0.491 e. The lowest BCUT2D eigenvalue weighted by Gasteiger charge is -2.37. The summed E-state index contributed by atoms with van der Waals surface area (Å²) in [6, 6.07) is 25.7. The van der Waals surface area contributed by atoms with Crippen molar-refractivity contribution in [1.82, 2.24) is 25.3 Å². The topological polar surface area (TPSA) is 134 Å². The number of carbonyl (C=O) groups is 1. The number of benzene rings is 3. The summed E-state index contributed by atoms with van der Waals surface area (Å²) in [5, 5.41) is 20.3. The van der Waals surface area contributed by atoms with E-state index in [1.54, 1.807) is 23.4 Å². The Bertz CT molecular complexity index is 1910. The molecule has 3 atom stereocenters. The SMILES string of the molecule is CCC(C)NC(=O)N(C=N)c1ccc(N2CCN(c3ccc(OCC4COC(Cn5nccn5)(c5cccc6cccnc56)O4)cc3)CC2)cc1.